The molecule has 10 nitrogen and oxygen atoms in total. The van der Waals surface area contributed by atoms with Gasteiger partial charge in [-0.05, 0) is 86.6 Å². The smallest absolute Gasteiger partial charge is 0.303 e. The van der Waals surface area contributed by atoms with E-state index < -0.39 is 11.9 Å². The normalized spacial score (nSPS) is 16.9. The predicted molar refractivity (Wildman–Crippen MR) is 165 cm³/mol. The largest absolute Gasteiger partial charge is 0.481 e. The third-order valence-electron chi connectivity index (χ3n) is 7.87. The van der Waals surface area contributed by atoms with Crippen LogP contribution in [0.2, 0.25) is 0 Å². The van der Waals surface area contributed by atoms with Crippen molar-refractivity contribution in [3.8, 4) is 0 Å². The maximum atomic E-state index is 12.3. The van der Waals surface area contributed by atoms with E-state index in [-0.39, 0.29) is 37.5 Å². The number of rotatable bonds is 11. The summed E-state index contributed by atoms with van der Waals surface area (Å²) < 4.78 is 0. The number of aliphatic imine (C=N–C) groups is 1. The van der Waals surface area contributed by atoms with Crippen LogP contribution in [0.1, 0.15) is 60.3 Å². The van der Waals surface area contributed by atoms with Crippen LogP contribution in [0.4, 0.5) is 0 Å². The molecule has 0 aliphatic carbocycles. The van der Waals surface area contributed by atoms with Crippen molar-refractivity contribution < 1.29 is 29.4 Å². The zero-order chi connectivity index (χ0) is 31.6. The topological polar surface area (TPSA) is 165 Å². The molecular formula is C33H34N4O6. The first kappa shape index (κ1) is 30.7. The number of carbonyl (C=O) groups excluding carboxylic acids is 2. The lowest BCUT2D eigenvalue weighted by Crippen LogP contribution is -2.15. The molecule has 10 heteroatoms. The third-order valence-corrected chi connectivity index (χ3v) is 7.87. The van der Waals surface area contributed by atoms with Crippen LogP contribution in [0.3, 0.4) is 0 Å². The Hall–Kier alpha value is -5.25. The number of carboxylic acid groups (broad SMARTS) is 2. The Morgan fingerprint density at radius 1 is 0.767 bits per heavy atom. The zero-order valence-electron chi connectivity index (χ0n) is 24.6. The molecule has 2 aromatic rings. The van der Waals surface area contributed by atoms with E-state index in [4.69, 9.17) is 0 Å². The molecule has 5 N–H and O–H groups in total. The first-order valence-electron chi connectivity index (χ1n) is 13.8. The second-order valence-electron chi connectivity index (χ2n) is 10.5. The van der Waals surface area contributed by atoms with Crippen molar-refractivity contribution in [2.45, 2.75) is 53.4 Å². The van der Waals surface area contributed by atoms with Gasteiger partial charge in [0.25, 0.3) is 11.8 Å². The Labute approximate surface area is 248 Å². The molecule has 4 rings (SSSR count). The van der Waals surface area contributed by atoms with Gasteiger partial charge in [-0.1, -0.05) is 25.3 Å². The van der Waals surface area contributed by atoms with E-state index in [0.717, 1.165) is 22.3 Å². The average molecular weight is 583 g/mol. The standard InChI is InChI=1S/C33H34N4O6/c1-7-20-19(6)32(42)37-27(20)14-25-18(5)23(10-12-31(40)41)29(35-25)15-28-22(9-11-30(38)39)17(4)24(34-28)13-26-16(3)21(8-2)33(43)36-26/h7-8,13-15,34-35H,1-2,9-12H2,3-6H3,(H,37,42)(H,38,39)(H,40,41)/b24-13?,27-14?,28-15+. The number of H-pyrrole nitrogens is 2. The number of aliphatic carboxylic acids is 2. The van der Waals surface area contributed by atoms with E-state index in [2.05, 4.69) is 33.4 Å². The zero-order valence-corrected chi connectivity index (χ0v) is 24.6. The number of nitrogens with zero attached hydrogens (tertiary/aromatic N) is 1. The second kappa shape index (κ2) is 12.3. The molecule has 2 amide bonds. The highest BCUT2D eigenvalue weighted by molar-refractivity contribution is 6.31. The van der Waals surface area contributed by atoms with Crippen molar-refractivity contribution in [3.63, 3.8) is 0 Å². The monoisotopic (exact) mass is 582 g/mol. The highest BCUT2D eigenvalue weighted by Gasteiger charge is 2.23. The van der Waals surface area contributed by atoms with Crippen molar-refractivity contribution in [1.29, 1.82) is 0 Å². The van der Waals surface area contributed by atoms with Gasteiger partial charge in [0, 0.05) is 51.6 Å². The molecule has 43 heavy (non-hydrogen) atoms. The van der Waals surface area contributed by atoms with Crippen LogP contribution in [0.15, 0.2) is 58.3 Å². The van der Waals surface area contributed by atoms with Crippen LogP contribution in [-0.2, 0) is 32.0 Å². The molecule has 0 aromatic carbocycles. The van der Waals surface area contributed by atoms with Gasteiger partial charge >= 0.3 is 11.9 Å². The summed E-state index contributed by atoms with van der Waals surface area (Å²) in [4.78, 5) is 58.4. The summed E-state index contributed by atoms with van der Waals surface area (Å²) in [7, 11) is 0. The first-order valence-corrected chi connectivity index (χ1v) is 13.8. The molecule has 2 aromatic heterocycles. The average Bonchev–Trinajstić information content (AvgIpc) is 3.59. The highest BCUT2D eigenvalue weighted by atomic mass is 16.4. The lowest BCUT2D eigenvalue weighted by molar-refractivity contribution is -0.138. The van der Waals surface area contributed by atoms with Crippen molar-refractivity contribution in [2.75, 3.05) is 0 Å². The van der Waals surface area contributed by atoms with Gasteiger partial charge < -0.3 is 25.5 Å². The van der Waals surface area contributed by atoms with E-state index in [0.29, 0.717) is 55.8 Å². The number of carbonyl (C=O) groups is 4. The maximum Gasteiger partial charge on any atom is 0.303 e. The minimum atomic E-state index is -0.941. The maximum absolute atomic E-state index is 12.3. The fraction of sp³-hybridized carbons (Fsp3) is 0.242. The fourth-order valence-electron chi connectivity index (χ4n) is 5.34. The van der Waals surface area contributed by atoms with Crippen LogP contribution < -0.4 is 16.0 Å². The molecule has 0 bridgehead atoms. The summed E-state index contributed by atoms with van der Waals surface area (Å²) in [6, 6.07) is 0. The van der Waals surface area contributed by atoms with Gasteiger partial charge in [0.1, 0.15) is 0 Å². The Morgan fingerprint density at radius 3 is 1.98 bits per heavy atom. The number of nitrogens with one attached hydrogen (secondary N) is 3. The SMILES string of the molecule is C=CC1=C(C)C(C=c2[nH]/c(=C/c3[nH]c(C=C4NC(=O)C(C)=C4C=C)c(C)c3CCC(=O)O)c(CCC(=O)O)c2C)=NC1=O. The minimum Gasteiger partial charge on any atom is -0.481 e. The van der Waals surface area contributed by atoms with Crippen LogP contribution in [0.5, 0.6) is 0 Å². The van der Waals surface area contributed by atoms with E-state index in [1.807, 2.05) is 19.9 Å². The van der Waals surface area contributed by atoms with E-state index >= 15 is 0 Å². The van der Waals surface area contributed by atoms with Gasteiger partial charge in [-0.2, -0.15) is 0 Å². The molecule has 222 valence electrons. The number of allylic oxidation sites excluding steroid dienone is 2. The van der Waals surface area contributed by atoms with Crippen LogP contribution >= 0.6 is 0 Å². The van der Waals surface area contributed by atoms with Crippen molar-refractivity contribution in [2.24, 2.45) is 4.99 Å². The molecule has 0 radical (unpaired) electrons. The molecule has 2 aliphatic heterocycles. The van der Waals surface area contributed by atoms with Gasteiger partial charge in [0.2, 0.25) is 0 Å². The molecule has 2 aliphatic rings. The van der Waals surface area contributed by atoms with Gasteiger partial charge in [-0.3, -0.25) is 19.2 Å². The van der Waals surface area contributed by atoms with Crippen molar-refractivity contribution in [1.82, 2.24) is 15.3 Å². The molecule has 0 spiro atoms. The molecule has 0 saturated heterocycles. The molecule has 0 atom stereocenters. The quantitative estimate of drug-likeness (QED) is 0.273. The number of hydrogen-bond donors (Lipinski definition) is 5. The fourth-order valence-corrected chi connectivity index (χ4v) is 5.34. The molecule has 0 fully saturated rings. The summed E-state index contributed by atoms with van der Waals surface area (Å²) in [5, 5.41) is 23.0. The van der Waals surface area contributed by atoms with Gasteiger partial charge in [0.05, 0.1) is 11.4 Å². The lowest BCUT2D eigenvalue weighted by Gasteiger charge is -2.02. The number of amides is 2. The van der Waals surface area contributed by atoms with E-state index in [1.165, 1.54) is 6.08 Å². The number of hydrogen-bond acceptors (Lipinski definition) is 4. The van der Waals surface area contributed by atoms with Gasteiger partial charge in [-0.25, -0.2) is 4.99 Å². The van der Waals surface area contributed by atoms with Crippen molar-refractivity contribution >= 4 is 47.7 Å². The predicted octanol–water partition coefficient (Wildman–Crippen LogP) is 3.06. The lowest BCUT2D eigenvalue weighted by atomic mass is 10.0. The minimum absolute atomic E-state index is 0.0943. The molecule has 0 unspecified atom stereocenters. The number of carboxylic acids is 2. The van der Waals surface area contributed by atoms with Crippen LogP contribution in [-0.4, -0.2) is 49.6 Å². The van der Waals surface area contributed by atoms with Gasteiger partial charge in [0.15, 0.2) is 0 Å². The second-order valence-corrected chi connectivity index (χ2v) is 10.5. The number of aromatic amines is 2. The summed E-state index contributed by atoms with van der Waals surface area (Å²) in [6.07, 6.45) is 8.80. The number of aromatic nitrogens is 2. The third kappa shape index (κ3) is 6.18. The molecule has 0 saturated carbocycles. The van der Waals surface area contributed by atoms with Crippen molar-refractivity contribution in [3.05, 3.63) is 97.6 Å². The van der Waals surface area contributed by atoms with E-state index in [9.17, 15) is 29.4 Å². The van der Waals surface area contributed by atoms with Crippen LogP contribution in [0, 0.1) is 13.8 Å². The Bertz CT molecular complexity index is 1860. The summed E-state index contributed by atoms with van der Waals surface area (Å²) >= 11 is 0. The molecular weight excluding hydrogens is 548 g/mol. The first-order chi connectivity index (χ1) is 20.4. The Balaban J connectivity index is 1.92. The van der Waals surface area contributed by atoms with Gasteiger partial charge in [-0.15, -0.1) is 0 Å². The Kier molecular flexibility index (Phi) is 8.80. The Morgan fingerprint density at radius 2 is 1.40 bits per heavy atom. The molecule has 4 heterocycles. The summed E-state index contributed by atoms with van der Waals surface area (Å²) in [5.41, 5.74) is 7.97. The summed E-state index contributed by atoms with van der Waals surface area (Å²) in [5.74, 6) is -2.46. The van der Waals surface area contributed by atoms with Crippen LogP contribution in [0.25, 0.3) is 18.2 Å². The van der Waals surface area contributed by atoms with E-state index in [1.54, 1.807) is 32.1 Å². The summed E-state index contributed by atoms with van der Waals surface area (Å²) in [6.45, 7) is 14.8. The highest BCUT2D eigenvalue weighted by Crippen LogP contribution is 2.27.